The Morgan fingerprint density at radius 1 is 1.20 bits per heavy atom. The van der Waals surface area contributed by atoms with E-state index in [1.807, 2.05) is 0 Å². The van der Waals surface area contributed by atoms with Gasteiger partial charge in [0.25, 0.3) is 0 Å². The lowest BCUT2D eigenvalue weighted by Crippen LogP contribution is -2.15. The van der Waals surface area contributed by atoms with Crippen molar-refractivity contribution in [1.82, 2.24) is 5.32 Å². The van der Waals surface area contributed by atoms with Crippen LogP contribution in [0.1, 0.15) is 52.9 Å². The summed E-state index contributed by atoms with van der Waals surface area (Å²) in [4.78, 5) is 0. The molecule has 0 amide bonds. The van der Waals surface area contributed by atoms with Crippen LogP contribution >= 0.6 is 0 Å². The molecule has 0 unspecified atom stereocenters. The molecule has 0 spiro atoms. The van der Waals surface area contributed by atoms with E-state index in [2.05, 4.69) is 39.2 Å². The summed E-state index contributed by atoms with van der Waals surface area (Å²) < 4.78 is 0. The molecule has 0 saturated carbocycles. The summed E-state index contributed by atoms with van der Waals surface area (Å²) in [5.74, 6) is 0.745. The van der Waals surface area contributed by atoms with Gasteiger partial charge in [0, 0.05) is 12.2 Å². The van der Waals surface area contributed by atoms with Crippen LogP contribution in [0.15, 0.2) is 24.4 Å². The molecule has 1 heteroatoms. The van der Waals surface area contributed by atoms with Gasteiger partial charge in [0.05, 0.1) is 0 Å². The van der Waals surface area contributed by atoms with E-state index in [0.29, 0.717) is 0 Å². The Hall–Kier alpha value is -0.720. The van der Waals surface area contributed by atoms with Gasteiger partial charge in [-0.05, 0) is 30.8 Å². The maximum Gasteiger partial charge on any atom is 0.0293 e. The minimum Gasteiger partial charge on any atom is -0.385 e. The molecule has 0 aromatic carbocycles. The van der Waals surface area contributed by atoms with Crippen LogP contribution in [0.4, 0.5) is 0 Å². The smallest absolute Gasteiger partial charge is 0.0293 e. The lowest BCUT2D eigenvalue weighted by molar-refractivity contribution is 0.581. The summed E-state index contributed by atoms with van der Waals surface area (Å²) in [5, 5.41) is 3.35. The number of allylic oxidation sites excluding steroid dienone is 1. The van der Waals surface area contributed by atoms with E-state index in [4.69, 9.17) is 0 Å². The van der Waals surface area contributed by atoms with Crippen molar-refractivity contribution in [2.45, 2.75) is 52.9 Å². The summed E-state index contributed by atoms with van der Waals surface area (Å²) >= 11 is 0. The number of rotatable bonds is 9. The quantitative estimate of drug-likeness (QED) is 0.441. The van der Waals surface area contributed by atoms with E-state index in [-0.39, 0.29) is 0 Å². The lowest BCUT2D eigenvalue weighted by Gasteiger charge is -2.13. The number of hydrogen-bond acceptors (Lipinski definition) is 1. The Bertz CT molecular complexity index is 192. The van der Waals surface area contributed by atoms with Gasteiger partial charge in [0.2, 0.25) is 0 Å². The zero-order valence-corrected chi connectivity index (χ0v) is 10.7. The van der Waals surface area contributed by atoms with Gasteiger partial charge < -0.3 is 5.32 Å². The number of unbranched alkanes of at least 4 members (excludes halogenated alkanes) is 2. The zero-order valence-electron chi connectivity index (χ0n) is 10.7. The molecule has 0 saturated heterocycles. The standard InChI is InChI=1S/C14H27N/c1-6-7-8-11-15-14(5)13(4)10-9-12(2)3/h12,15H,4-11H2,1-3H3. The first-order chi connectivity index (χ1) is 7.07. The second-order valence-electron chi connectivity index (χ2n) is 4.65. The topological polar surface area (TPSA) is 12.0 Å². The second kappa shape index (κ2) is 8.58. The maximum absolute atomic E-state index is 4.06. The molecule has 0 rings (SSSR count). The Labute approximate surface area is 95.7 Å². The van der Waals surface area contributed by atoms with E-state index in [1.54, 1.807) is 0 Å². The van der Waals surface area contributed by atoms with Crippen LogP contribution in [0.2, 0.25) is 0 Å². The Morgan fingerprint density at radius 2 is 1.87 bits per heavy atom. The van der Waals surface area contributed by atoms with Crippen LogP contribution in [-0.4, -0.2) is 6.54 Å². The molecule has 0 aromatic rings. The molecule has 0 heterocycles. The van der Waals surface area contributed by atoms with E-state index < -0.39 is 0 Å². The van der Waals surface area contributed by atoms with Crippen LogP contribution in [0.5, 0.6) is 0 Å². The van der Waals surface area contributed by atoms with Crippen LogP contribution in [0.3, 0.4) is 0 Å². The van der Waals surface area contributed by atoms with Gasteiger partial charge in [-0.2, -0.15) is 0 Å². The van der Waals surface area contributed by atoms with Gasteiger partial charge in [0.15, 0.2) is 0 Å². The molecular formula is C14H27N. The zero-order chi connectivity index (χ0) is 11.7. The van der Waals surface area contributed by atoms with Crippen molar-refractivity contribution in [2.75, 3.05) is 6.54 Å². The van der Waals surface area contributed by atoms with Gasteiger partial charge in [-0.15, -0.1) is 0 Å². The molecular weight excluding hydrogens is 182 g/mol. The highest BCUT2D eigenvalue weighted by Gasteiger charge is 2.01. The molecule has 0 aliphatic rings. The van der Waals surface area contributed by atoms with E-state index >= 15 is 0 Å². The molecule has 0 atom stereocenters. The molecule has 0 aliphatic heterocycles. The van der Waals surface area contributed by atoms with Gasteiger partial charge in [-0.3, -0.25) is 0 Å². The first-order valence-corrected chi connectivity index (χ1v) is 6.18. The number of nitrogens with one attached hydrogen (secondary N) is 1. The van der Waals surface area contributed by atoms with E-state index in [0.717, 1.165) is 24.6 Å². The fraction of sp³-hybridized carbons (Fsp3) is 0.714. The first kappa shape index (κ1) is 14.3. The minimum absolute atomic E-state index is 0.745. The third kappa shape index (κ3) is 8.29. The Morgan fingerprint density at radius 3 is 2.40 bits per heavy atom. The summed E-state index contributed by atoms with van der Waals surface area (Å²) in [7, 11) is 0. The van der Waals surface area contributed by atoms with Gasteiger partial charge in [-0.25, -0.2) is 0 Å². The Balaban J connectivity index is 3.56. The monoisotopic (exact) mass is 209 g/mol. The van der Waals surface area contributed by atoms with Crippen molar-refractivity contribution in [3.63, 3.8) is 0 Å². The summed E-state index contributed by atoms with van der Waals surface area (Å²) in [6, 6.07) is 0. The highest BCUT2D eigenvalue weighted by molar-refractivity contribution is 5.23. The van der Waals surface area contributed by atoms with E-state index in [1.165, 1.54) is 31.3 Å². The summed E-state index contributed by atoms with van der Waals surface area (Å²) in [6.45, 7) is 15.8. The molecule has 1 N–H and O–H groups in total. The second-order valence-corrected chi connectivity index (χ2v) is 4.65. The number of hydrogen-bond donors (Lipinski definition) is 1. The minimum atomic E-state index is 0.745. The highest BCUT2D eigenvalue weighted by Crippen LogP contribution is 2.14. The molecule has 0 aliphatic carbocycles. The highest BCUT2D eigenvalue weighted by atomic mass is 14.9. The third-order valence-electron chi connectivity index (χ3n) is 2.57. The van der Waals surface area contributed by atoms with Crippen molar-refractivity contribution in [3.8, 4) is 0 Å². The van der Waals surface area contributed by atoms with Crippen molar-refractivity contribution in [3.05, 3.63) is 24.4 Å². The van der Waals surface area contributed by atoms with Crippen LogP contribution in [-0.2, 0) is 0 Å². The Kier molecular flexibility index (Phi) is 8.17. The molecule has 0 aromatic heterocycles. The summed E-state index contributed by atoms with van der Waals surface area (Å²) in [6.07, 6.45) is 6.06. The summed E-state index contributed by atoms with van der Waals surface area (Å²) in [5.41, 5.74) is 2.20. The average Bonchev–Trinajstić information content (AvgIpc) is 2.20. The lowest BCUT2D eigenvalue weighted by atomic mass is 10.0. The van der Waals surface area contributed by atoms with Crippen molar-refractivity contribution < 1.29 is 0 Å². The predicted molar refractivity (Wildman–Crippen MR) is 69.9 cm³/mol. The molecule has 1 nitrogen and oxygen atoms in total. The molecule has 15 heavy (non-hydrogen) atoms. The van der Waals surface area contributed by atoms with Gasteiger partial charge in [-0.1, -0.05) is 46.8 Å². The van der Waals surface area contributed by atoms with E-state index in [9.17, 15) is 0 Å². The molecule has 0 fully saturated rings. The SMILES string of the molecule is C=C(CCC(C)C)C(=C)NCCCCC. The fourth-order valence-electron chi connectivity index (χ4n) is 1.35. The molecule has 0 bridgehead atoms. The van der Waals surface area contributed by atoms with Crippen molar-refractivity contribution in [2.24, 2.45) is 5.92 Å². The maximum atomic E-state index is 4.06. The fourth-order valence-corrected chi connectivity index (χ4v) is 1.35. The largest absolute Gasteiger partial charge is 0.385 e. The van der Waals surface area contributed by atoms with Gasteiger partial charge in [0.1, 0.15) is 0 Å². The van der Waals surface area contributed by atoms with Crippen LogP contribution in [0, 0.1) is 5.92 Å². The predicted octanol–water partition coefficient (Wildman–Crippen LogP) is 4.27. The van der Waals surface area contributed by atoms with Crippen molar-refractivity contribution >= 4 is 0 Å². The van der Waals surface area contributed by atoms with Crippen molar-refractivity contribution in [1.29, 1.82) is 0 Å². The van der Waals surface area contributed by atoms with Crippen LogP contribution in [0.25, 0.3) is 0 Å². The average molecular weight is 209 g/mol. The third-order valence-corrected chi connectivity index (χ3v) is 2.57. The normalized spacial score (nSPS) is 10.4. The van der Waals surface area contributed by atoms with Gasteiger partial charge >= 0.3 is 0 Å². The first-order valence-electron chi connectivity index (χ1n) is 6.18. The molecule has 0 radical (unpaired) electrons. The van der Waals surface area contributed by atoms with Crippen LogP contribution < -0.4 is 5.32 Å². The molecule has 88 valence electrons.